The number of aromatic nitrogens is 2. The van der Waals surface area contributed by atoms with Gasteiger partial charge in [-0.15, -0.1) is 16.9 Å². The van der Waals surface area contributed by atoms with Crippen molar-refractivity contribution >= 4 is 17.6 Å². The van der Waals surface area contributed by atoms with Gasteiger partial charge in [-0.2, -0.15) is 5.10 Å². The topological polar surface area (TPSA) is 38.2 Å². The van der Waals surface area contributed by atoms with Gasteiger partial charge in [-0.3, -0.25) is 0 Å². The van der Waals surface area contributed by atoms with E-state index in [4.69, 9.17) is 4.74 Å². The van der Waals surface area contributed by atoms with Crippen molar-refractivity contribution < 1.29 is 4.74 Å². The minimum atomic E-state index is 0.409. The molecule has 3 rings (SSSR count). The highest BCUT2D eigenvalue weighted by molar-refractivity contribution is 8.01. The summed E-state index contributed by atoms with van der Waals surface area (Å²) in [6, 6.07) is 4.09. The molecule has 5 heteroatoms. The third-order valence-corrected chi connectivity index (χ3v) is 5.22. The Hall–Kier alpha value is -0.810. The van der Waals surface area contributed by atoms with E-state index in [0.717, 1.165) is 37.0 Å². The van der Waals surface area contributed by atoms with Crippen LogP contribution < -0.4 is 4.90 Å². The third kappa shape index (κ3) is 2.21. The minimum Gasteiger partial charge on any atom is -0.378 e. The molecule has 0 N–H and O–H groups in total. The van der Waals surface area contributed by atoms with Gasteiger partial charge in [0.05, 0.1) is 16.5 Å². The largest absolute Gasteiger partial charge is 0.378 e. The van der Waals surface area contributed by atoms with E-state index < -0.39 is 0 Å². The summed E-state index contributed by atoms with van der Waals surface area (Å²) in [6.07, 6.45) is 1.63. The zero-order valence-electron chi connectivity index (χ0n) is 10.9. The van der Waals surface area contributed by atoms with Crippen LogP contribution >= 0.6 is 11.8 Å². The van der Waals surface area contributed by atoms with E-state index in [1.807, 2.05) is 13.0 Å². The summed E-state index contributed by atoms with van der Waals surface area (Å²) in [6.45, 7) is 7.03. The van der Waals surface area contributed by atoms with Crippen molar-refractivity contribution in [1.29, 1.82) is 0 Å². The van der Waals surface area contributed by atoms with Gasteiger partial charge in [0, 0.05) is 25.4 Å². The first-order chi connectivity index (χ1) is 8.71. The molecule has 18 heavy (non-hydrogen) atoms. The maximum Gasteiger partial charge on any atom is 0.151 e. The smallest absolute Gasteiger partial charge is 0.151 e. The van der Waals surface area contributed by atoms with Gasteiger partial charge in [0.15, 0.2) is 5.82 Å². The molecule has 1 spiro atoms. The summed E-state index contributed by atoms with van der Waals surface area (Å²) in [4.78, 5) is 2.31. The lowest BCUT2D eigenvalue weighted by Gasteiger charge is -2.48. The zero-order valence-corrected chi connectivity index (χ0v) is 11.7. The van der Waals surface area contributed by atoms with Crippen molar-refractivity contribution in [3.05, 3.63) is 17.8 Å². The van der Waals surface area contributed by atoms with Crippen molar-refractivity contribution in [2.24, 2.45) is 0 Å². The molecule has 0 aliphatic carbocycles. The maximum absolute atomic E-state index is 5.72. The van der Waals surface area contributed by atoms with Gasteiger partial charge < -0.3 is 9.64 Å². The molecule has 2 saturated heterocycles. The Morgan fingerprint density at radius 3 is 2.94 bits per heavy atom. The fraction of sp³-hybridized carbons (Fsp3) is 0.692. The molecule has 0 radical (unpaired) electrons. The van der Waals surface area contributed by atoms with Gasteiger partial charge in [-0.1, -0.05) is 0 Å². The Labute approximate surface area is 112 Å². The number of nitrogens with zero attached hydrogens (tertiary/aromatic N) is 3. The average molecular weight is 265 g/mol. The molecule has 1 aromatic rings. The minimum absolute atomic E-state index is 0.409. The number of aryl methyl sites for hydroxylation is 1. The van der Waals surface area contributed by atoms with E-state index >= 15 is 0 Å². The molecule has 2 fully saturated rings. The fourth-order valence-electron chi connectivity index (χ4n) is 2.74. The van der Waals surface area contributed by atoms with Crippen LogP contribution in [0, 0.1) is 6.92 Å². The Balaban J connectivity index is 1.58. The summed E-state index contributed by atoms with van der Waals surface area (Å²) in [7, 11) is 0. The Bertz CT molecular complexity index is 417. The van der Waals surface area contributed by atoms with Gasteiger partial charge in [-0.25, -0.2) is 0 Å². The molecule has 98 valence electrons. The molecule has 1 aromatic heterocycles. The van der Waals surface area contributed by atoms with Crippen molar-refractivity contribution in [2.45, 2.75) is 31.1 Å². The third-order valence-electron chi connectivity index (χ3n) is 3.64. The van der Waals surface area contributed by atoms with Gasteiger partial charge in [-0.05, 0) is 32.4 Å². The normalized spacial score (nSPS) is 25.4. The lowest BCUT2D eigenvalue weighted by Crippen LogP contribution is -2.59. The Morgan fingerprint density at radius 1 is 1.44 bits per heavy atom. The number of hydrogen-bond acceptors (Lipinski definition) is 5. The van der Waals surface area contributed by atoms with E-state index in [1.54, 1.807) is 0 Å². The van der Waals surface area contributed by atoms with Crippen LogP contribution in [0.25, 0.3) is 0 Å². The molecule has 3 heterocycles. The van der Waals surface area contributed by atoms with Gasteiger partial charge >= 0.3 is 0 Å². The highest BCUT2D eigenvalue weighted by Gasteiger charge is 2.49. The second-order valence-electron chi connectivity index (χ2n) is 5.16. The van der Waals surface area contributed by atoms with Crippen molar-refractivity contribution in [3.8, 4) is 0 Å². The summed E-state index contributed by atoms with van der Waals surface area (Å²) < 4.78 is 6.13. The van der Waals surface area contributed by atoms with Crippen LogP contribution in [0.4, 0.5) is 5.82 Å². The highest BCUT2D eigenvalue weighted by atomic mass is 32.2. The monoisotopic (exact) mass is 265 g/mol. The first-order valence-electron chi connectivity index (χ1n) is 6.52. The standard InChI is InChI=1S/C13H19N3OS/c1-3-17-11-6-13(18-7-11)8-16(9-13)12-5-4-10(2)14-15-12/h4-5,11H,3,6-9H2,1-2H3. The average Bonchev–Trinajstić information content (AvgIpc) is 2.73. The number of hydrogen-bond donors (Lipinski definition) is 0. The van der Waals surface area contributed by atoms with E-state index in [-0.39, 0.29) is 0 Å². The molecule has 2 aliphatic heterocycles. The SMILES string of the molecule is CCOC1CSC2(C1)CN(c1ccc(C)nn1)C2. The summed E-state index contributed by atoms with van der Waals surface area (Å²) >= 11 is 2.07. The van der Waals surface area contributed by atoms with Crippen molar-refractivity contribution in [1.82, 2.24) is 10.2 Å². The van der Waals surface area contributed by atoms with Crippen LogP contribution in [0.5, 0.6) is 0 Å². The van der Waals surface area contributed by atoms with Crippen LogP contribution in [0.2, 0.25) is 0 Å². The molecule has 0 aromatic carbocycles. The molecular weight excluding hydrogens is 246 g/mol. The molecule has 0 saturated carbocycles. The first kappa shape index (κ1) is 12.2. The Morgan fingerprint density at radius 2 is 2.28 bits per heavy atom. The predicted molar refractivity (Wildman–Crippen MR) is 74.2 cm³/mol. The van der Waals surface area contributed by atoms with E-state index in [1.165, 1.54) is 6.42 Å². The highest BCUT2D eigenvalue weighted by Crippen LogP contribution is 2.46. The summed E-state index contributed by atoms with van der Waals surface area (Å²) in [5.74, 6) is 2.15. The molecule has 2 aliphatic rings. The predicted octanol–water partition coefficient (Wildman–Crippen LogP) is 1.89. The summed E-state index contributed by atoms with van der Waals surface area (Å²) in [5.41, 5.74) is 0.973. The van der Waals surface area contributed by atoms with E-state index in [0.29, 0.717) is 10.9 Å². The Kier molecular flexibility index (Phi) is 3.20. The fourth-order valence-corrected chi connectivity index (χ4v) is 4.29. The van der Waals surface area contributed by atoms with Crippen LogP contribution in [0.1, 0.15) is 19.0 Å². The van der Waals surface area contributed by atoms with Crippen LogP contribution in [0.15, 0.2) is 12.1 Å². The number of ether oxygens (including phenoxy) is 1. The molecular formula is C13H19N3OS. The molecule has 1 unspecified atom stereocenters. The van der Waals surface area contributed by atoms with Crippen LogP contribution in [0.3, 0.4) is 0 Å². The maximum atomic E-state index is 5.72. The number of rotatable bonds is 3. The molecule has 0 amide bonds. The second-order valence-corrected chi connectivity index (χ2v) is 6.65. The van der Waals surface area contributed by atoms with Crippen LogP contribution in [-0.4, -0.2) is 46.5 Å². The van der Waals surface area contributed by atoms with Gasteiger partial charge in [0.25, 0.3) is 0 Å². The van der Waals surface area contributed by atoms with Crippen molar-refractivity contribution in [3.63, 3.8) is 0 Å². The first-order valence-corrected chi connectivity index (χ1v) is 7.50. The van der Waals surface area contributed by atoms with Gasteiger partial charge in [0.2, 0.25) is 0 Å². The lowest BCUT2D eigenvalue weighted by atomic mass is 9.93. The van der Waals surface area contributed by atoms with E-state index in [2.05, 4.69) is 39.8 Å². The van der Waals surface area contributed by atoms with E-state index in [9.17, 15) is 0 Å². The number of thioether (sulfide) groups is 1. The number of anilines is 1. The lowest BCUT2D eigenvalue weighted by molar-refractivity contribution is 0.0699. The molecule has 0 bridgehead atoms. The summed E-state index contributed by atoms with van der Waals surface area (Å²) in [5, 5.41) is 8.36. The van der Waals surface area contributed by atoms with Crippen LogP contribution in [-0.2, 0) is 4.74 Å². The quantitative estimate of drug-likeness (QED) is 0.834. The molecule has 1 atom stereocenters. The molecule has 4 nitrogen and oxygen atoms in total. The van der Waals surface area contributed by atoms with Gasteiger partial charge in [0.1, 0.15) is 0 Å². The van der Waals surface area contributed by atoms with Crippen molar-refractivity contribution in [2.75, 3.05) is 30.3 Å². The second kappa shape index (κ2) is 4.70. The zero-order chi connectivity index (χ0) is 12.6.